The Bertz CT molecular complexity index is 147. The molecule has 1 unspecified atom stereocenters. The lowest BCUT2D eigenvalue weighted by Gasteiger charge is -2.37. The zero-order chi connectivity index (χ0) is 7.72. The highest BCUT2D eigenvalue weighted by atomic mass is 16.5. The van der Waals surface area contributed by atoms with Crippen LogP contribution in [0.1, 0.15) is 6.42 Å². The summed E-state index contributed by atoms with van der Waals surface area (Å²) in [5.74, 6) is -0.214. The smallest absolute Gasteiger partial charge is 0.263 e. The van der Waals surface area contributed by atoms with Crippen LogP contribution in [0, 0.1) is 0 Å². The van der Waals surface area contributed by atoms with Crippen molar-refractivity contribution in [3.05, 3.63) is 0 Å². The van der Waals surface area contributed by atoms with E-state index in [0.717, 1.165) is 13.0 Å². The minimum atomic E-state index is -0.214. The van der Waals surface area contributed by atoms with Gasteiger partial charge in [-0.1, -0.05) is 0 Å². The van der Waals surface area contributed by atoms with Gasteiger partial charge in [-0.05, 0) is 13.5 Å². The highest BCUT2D eigenvalue weighted by molar-refractivity contribution is 5.81. The van der Waals surface area contributed by atoms with Crippen LogP contribution in [-0.2, 0) is 4.79 Å². The third kappa shape index (κ3) is 1.12. The van der Waals surface area contributed by atoms with Gasteiger partial charge >= 0.3 is 0 Å². The second-order valence-corrected chi connectivity index (χ2v) is 2.65. The average Bonchev–Trinajstić information content (AvgIpc) is 1.84. The molecular weight excluding hydrogens is 132 g/mol. The molecule has 0 spiro atoms. The van der Waals surface area contributed by atoms with E-state index in [4.69, 9.17) is 5.21 Å². The van der Waals surface area contributed by atoms with E-state index in [1.807, 2.05) is 11.9 Å². The van der Waals surface area contributed by atoms with Gasteiger partial charge in [-0.2, -0.15) is 0 Å². The number of amides is 1. The molecule has 10 heavy (non-hydrogen) atoms. The molecular formula is C6H12N2O2. The maximum absolute atomic E-state index is 11.0. The van der Waals surface area contributed by atoms with Crippen LogP contribution in [0.5, 0.6) is 0 Å². The molecule has 0 aromatic rings. The Hall–Kier alpha value is -0.610. The van der Waals surface area contributed by atoms with Crippen LogP contribution in [0.25, 0.3) is 0 Å². The Balaban J connectivity index is 2.42. The van der Waals surface area contributed by atoms with E-state index in [9.17, 15) is 4.79 Å². The number of carbonyl (C=O) groups excluding carboxylic acids is 1. The number of likely N-dealkylation sites (N-methyl/N-ethyl adjacent to an activating group) is 2. The van der Waals surface area contributed by atoms with E-state index < -0.39 is 0 Å². The van der Waals surface area contributed by atoms with Crippen molar-refractivity contribution >= 4 is 5.91 Å². The SMILES string of the molecule is CN(O)C(=O)C1CCN1C. The summed E-state index contributed by atoms with van der Waals surface area (Å²) in [5.41, 5.74) is 0. The topological polar surface area (TPSA) is 43.8 Å². The van der Waals surface area contributed by atoms with Gasteiger partial charge in [0.1, 0.15) is 0 Å². The fourth-order valence-corrected chi connectivity index (χ4v) is 1.04. The summed E-state index contributed by atoms with van der Waals surface area (Å²) in [6, 6.07) is -0.0880. The summed E-state index contributed by atoms with van der Waals surface area (Å²) in [4.78, 5) is 12.9. The molecule has 1 fully saturated rings. The number of hydrogen-bond acceptors (Lipinski definition) is 3. The third-order valence-electron chi connectivity index (χ3n) is 1.89. The van der Waals surface area contributed by atoms with Gasteiger partial charge in [0.05, 0.1) is 6.04 Å². The first kappa shape index (κ1) is 7.50. The van der Waals surface area contributed by atoms with Crippen LogP contribution >= 0.6 is 0 Å². The Morgan fingerprint density at radius 2 is 2.40 bits per heavy atom. The lowest BCUT2D eigenvalue weighted by Crippen LogP contribution is -2.53. The lowest BCUT2D eigenvalue weighted by atomic mass is 10.0. The van der Waals surface area contributed by atoms with Crippen LogP contribution in [0.15, 0.2) is 0 Å². The van der Waals surface area contributed by atoms with Gasteiger partial charge < -0.3 is 0 Å². The van der Waals surface area contributed by atoms with E-state index in [1.54, 1.807) is 0 Å². The van der Waals surface area contributed by atoms with Gasteiger partial charge in [-0.3, -0.25) is 14.9 Å². The van der Waals surface area contributed by atoms with Crippen LogP contribution in [0.3, 0.4) is 0 Å². The molecule has 1 N–H and O–H groups in total. The molecule has 1 atom stereocenters. The van der Waals surface area contributed by atoms with Crippen LogP contribution in [0.4, 0.5) is 0 Å². The van der Waals surface area contributed by atoms with E-state index in [-0.39, 0.29) is 11.9 Å². The molecule has 1 rings (SSSR count). The fourth-order valence-electron chi connectivity index (χ4n) is 1.04. The Labute approximate surface area is 60.0 Å². The second-order valence-electron chi connectivity index (χ2n) is 2.65. The molecule has 0 bridgehead atoms. The van der Waals surface area contributed by atoms with Crippen molar-refractivity contribution in [3.63, 3.8) is 0 Å². The number of hydrogen-bond donors (Lipinski definition) is 1. The van der Waals surface area contributed by atoms with Crippen molar-refractivity contribution in [3.8, 4) is 0 Å². The molecule has 1 aliphatic heterocycles. The molecule has 1 heterocycles. The number of carbonyl (C=O) groups is 1. The van der Waals surface area contributed by atoms with Crippen LogP contribution in [-0.4, -0.2) is 47.8 Å². The molecule has 0 saturated carbocycles. The molecule has 0 aromatic carbocycles. The maximum Gasteiger partial charge on any atom is 0.263 e. The minimum Gasteiger partial charge on any atom is -0.295 e. The first-order chi connectivity index (χ1) is 4.63. The molecule has 4 heteroatoms. The third-order valence-corrected chi connectivity index (χ3v) is 1.89. The highest BCUT2D eigenvalue weighted by Crippen LogP contribution is 2.15. The Kier molecular flexibility index (Phi) is 1.92. The first-order valence-corrected chi connectivity index (χ1v) is 3.29. The largest absolute Gasteiger partial charge is 0.295 e. The predicted octanol–water partition coefficient (Wildman–Crippen LogP) is -0.462. The van der Waals surface area contributed by atoms with Gasteiger partial charge in [-0.25, -0.2) is 5.06 Å². The predicted molar refractivity (Wildman–Crippen MR) is 35.6 cm³/mol. The summed E-state index contributed by atoms with van der Waals surface area (Å²) >= 11 is 0. The monoisotopic (exact) mass is 144 g/mol. The maximum atomic E-state index is 11.0. The van der Waals surface area contributed by atoms with E-state index in [1.165, 1.54) is 7.05 Å². The van der Waals surface area contributed by atoms with E-state index in [0.29, 0.717) is 5.06 Å². The molecule has 1 aliphatic rings. The summed E-state index contributed by atoms with van der Waals surface area (Å²) < 4.78 is 0. The zero-order valence-electron chi connectivity index (χ0n) is 6.24. The van der Waals surface area contributed by atoms with E-state index in [2.05, 4.69) is 0 Å². The number of rotatable bonds is 1. The minimum absolute atomic E-state index is 0.0880. The molecule has 0 aromatic heterocycles. The summed E-state index contributed by atoms with van der Waals surface area (Å²) in [6.07, 6.45) is 0.861. The Morgan fingerprint density at radius 1 is 1.80 bits per heavy atom. The van der Waals surface area contributed by atoms with Gasteiger partial charge in [0.25, 0.3) is 5.91 Å². The normalized spacial score (nSPS) is 25.7. The highest BCUT2D eigenvalue weighted by Gasteiger charge is 2.32. The molecule has 1 amide bonds. The van der Waals surface area contributed by atoms with Crippen LogP contribution in [0.2, 0.25) is 0 Å². The van der Waals surface area contributed by atoms with Gasteiger partial charge in [0.15, 0.2) is 0 Å². The average molecular weight is 144 g/mol. The van der Waals surface area contributed by atoms with Gasteiger partial charge in [0, 0.05) is 13.6 Å². The summed E-state index contributed by atoms with van der Waals surface area (Å²) in [7, 11) is 3.23. The molecule has 4 nitrogen and oxygen atoms in total. The molecule has 0 aliphatic carbocycles. The van der Waals surface area contributed by atoms with Crippen molar-refractivity contribution in [2.75, 3.05) is 20.6 Å². The number of likely N-dealkylation sites (tertiary alicyclic amines) is 1. The zero-order valence-corrected chi connectivity index (χ0v) is 6.24. The second kappa shape index (κ2) is 2.56. The molecule has 58 valence electrons. The van der Waals surface area contributed by atoms with Crippen molar-refractivity contribution in [2.45, 2.75) is 12.5 Å². The first-order valence-electron chi connectivity index (χ1n) is 3.29. The summed E-state index contributed by atoms with van der Waals surface area (Å²) in [5, 5.41) is 9.38. The van der Waals surface area contributed by atoms with Crippen LogP contribution < -0.4 is 0 Å². The van der Waals surface area contributed by atoms with Crippen molar-refractivity contribution in [1.82, 2.24) is 9.96 Å². The number of nitrogens with zero attached hydrogens (tertiary/aromatic N) is 2. The van der Waals surface area contributed by atoms with Crippen molar-refractivity contribution in [1.29, 1.82) is 0 Å². The molecule has 1 saturated heterocycles. The lowest BCUT2D eigenvalue weighted by molar-refractivity contribution is -0.169. The standard InChI is InChI=1S/C6H12N2O2/c1-7-4-3-5(7)6(9)8(2)10/h5,10H,3-4H2,1-2H3. The van der Waals surface area contributed by atoms with E-state index >= 15 is 0 Å². The van der Waals surface area contributed by atoms with Crippen molar-refractivity contribution in [2.24, 2.45) is 0 Å². The van der Waals surface area contributed by atoms with Gasteiger partial charge in [0.2, 0.25) is 0 Å². The van der Waals surface area contributed by atoms with Crippen molar-refractivity contribution < 1.29 is 10.0 Å². The quantitative estimate of drug-likeness (QED) is 0.400. The van der Waals surface area contributed by atoms with Gasteiger partial charge in [-0.15, -0.1) is 0 Å². The fraction of sp³-hybridized carbons (Fsp3) is 0.833. The Morgan fingerprint density at radius 3 is 2.50 bits per heavy atom. The summed E-state index contributed by atoms with van der Waals surface area (Å²) in [6.45, 7) is 0.949. The molecule has 0 radical (unpaired) electrons. The number of hydroxylamine groups is 2.